The Morgan fingerprint density at radius 3 is 2.67 bits per heavy atom. The number of hydrogen-bond donors (Lipinski definition) is 1. The van der Waals surface area contributed by atoms with Crippen LogP contribution in [0.3, 0.4) is 0 Å². The first-order chi connectivity index (χ1) is 5.61. The highest BCUT2D eigenvalue weighted by Crippen LogP contribution is 2.27. The molecule has 0 amide bonds. The van der Waals surface area contributed by atoms with Crippen molar-refractivity contribution in [2.75, 3.05) is 0 Å². The number of aliphatic hydroxyl groups excluding tert-OH is 1. The summed E-state index contributed by atoms with van der Waals surface area (Å²) in [5.41, 5.74) is 1.16. The highest BCUT2D eigenvalue weighted by atomic mass is 16.3. The maximum absolute atomic E-state index is 9.59. The minimum atomic E-state index is -0.172. The number of aliphatic hydroxyl groups is 1. The molecule has 0 aromatic carbocycles. The molecule has 0 spiro atoms. The molecular weight excluding hydrogens is 148 g/mol. The van der Waals surface area contributed by atoms with E-state index in [0.29, 0.717) is 0 Å². The predicted molar refractivity (Wildman–Crippen MR) is 51.9 cm³/mol. The molecule has 70 valence electrons. The molecule has 0 bridgehead atoms. The van der Waals surface area contributed by atoms with Crippen molar-refractivity contribution in [1.29, 1.82) is 0 Å². The van der Waals surface area contributed by atoms with Crippen molar-refractivity contribution in [3.63, 3.8) is 0 Å². The Kier molecular flexibility index (Phi) is 3.33. The van der Waals surface area contributed by atoms with E-state index in [9.17, 15) is 5.11 Å². The summed E-state index contributed by atoms with van der Waals surface area (Å²) in [5.74, 6) is 1.52. The van der Waals surface area contributed by atoms with Crippen molar-refractivity contribution in [2.45, 2.75) is 46.1 Å². The minimum Gasteiger partial charge on any atom is -0.389 e. The van der Waals surface area contributed by atoms with Gasteiger partial charge < -0.3 is 5.11 Å². The second-order valence-corrected chi connectivity index (χ2v) is 4.28. The lowest BCUT2D eigenvalue weighted by Gasteiger charge is -2.17. The van der Waals surface area contributed by atoms with Crippen molar-refractivity contribution in [3.8, 4) is 0 Å². The third kappa shape index (κ3) is 2.34. The first-order valence-corrected chi connectivity index (χ1v) is 4.96. The van der Waals surface area contributed by atoms with E-state index in [-0.39, 0.29) is 6.10 Å². The van der Waals surface area contributed by atoms with E-state index >= 15 is 0 Å². The molecule has 1 rings (SSSR count). The molecule has 1 aliphatic rings. The largest absolute Gasteiger partial charge is 0.389 e. The molecule has 12 heavy (non-hydrogen) atoms. The number of allylic oxidation sites excluding steroid dienone is 1. The molecular formula is C11H20O. The van der Waals surface area contributed by atoms with Gasteiger partial charge in [0.25, 0.3) is 0 Å². The normalized spacial score (nSPS) is 31.6. The maximum Gasteiger partial charge on any atom is 0.0747 e. The van der Waals surface area contributed by atoms with Gasteiger partial charge in [-0.3, -0.25) is 0 Å². The van der Waals surface area contributed by atoms with Crippen LogP contribution in [0.2, 0.25) is 0 Å². The van der Waals surface area contributed by atoms with Crippen LogP contribution < -0.4 is 0 Å². The van der Waals surface area contributed by atoms with Crippen LogP contribution in [0, 0.1) is 11.8 Å². The highest BCUT2D eigenvalue weighted by molar-refractivity contribution is 5.07. The van der Waals surface area contributed by atoms with E-state index in [2.05, 4.69) is 19.9 Å². The summed E-state index contributed by atoms with van der Waals surface area (Å²) in [4.78, 5) is 0. The Hall–Kier alpha value is -0.300. The van der Waals surface area contributed by atoms with Crippen molar-refractivity contribution in [2.24, 2.45) is 11.8 Å². The molecule has 0 aromatic heterocycles. The van der Waals surface area contributed by atoms with E-state index in [4.69, 9.17) is 0 Å². The standard InChI is InChI=1S/C11H20O/c1-8(2)10-5-4-9(3)11(12)7-6-10/h4,8,10-12H,5-7H2,1-3H3/t10-,11?/m0/s1. The zero-order chi connectivity index (χ0) is 9.14. The van der Waals surface area contributed by atoms with E-state index in [1.807, 2.05) is 6.92 Å². The molecule has 0 saturated carbocycles. The second-order valence-electron chi connectivity index (χ2n) is 4.28. The van der Waals surface area contributed by atoms with Gasteiger partial charge in [0.15, 0.2) is 0 Å². The molecule has 0 aliphatic heterocycles. The van der Waals surface area contributed by atoms with Crippen molar-refractivity contribution >= 4 is 0 Å². The van der Waals surface area contributed by atoms with E-state index in [0.717, 1.165) is 30.3 Å². The van der Waals surface area contributed by atoms with E-state index in [1.165, 1.54) is 6.42 Å². The van der Waals surface area contributed by atoms with Crippen LogP contribution in [0.5, 0.6) is 0 Å². The SMILES string of the molecule is CC1=CC[C@H](C(C)C)CCC1O. The van der Waals surface area contributed by atoms with Crippen molar-refractivity contribution in [1.82, 2.24) is 0 Å². The van der Waals surface area contributed by atoms with Gasteiger partial charge in [-0.05, 0) is 43.6 Å². The summed E-state index contributed by atoms with van der Waals surface area (Å²) < 4.78 is 0. The molecule has 0 fully saturated rings. The molecule has 1 nitrogen and oxygen atoms in total. The van der Waals surface area contributed by atoms with Gasteiger partial charge in [0.2, 0.25) is 0 Å². The van der Waals surface area contributed by atoms with Crippen molar-refractivity contribution in [3.05, 3.63) is 11.6 Å². The Labute approximate surface area is 75.5 Å². The van der Waals surface area contributed by atoms with Gasteiger partial charge in [-0.1, -0.05) is 19.9 Å². The van der Waals surface area contributed by atoms with Crippen LogP contribution in [0.15, 0.2) is 11.6 Å². The van der Waals surface area contributed by atoms with Crippen LogP contribution >= 0.6 is 0 Å². The average molecular weight is 168 g/mol. The fraction of sp³-hybridized carbons (Fsp3) is 0.818. The number of rotatable bonds is 1. The summed E-state index contributed by atoms with van der Waals surface area (Å²) in [5, 5.41) is 9.59. The van der Waals surface area contributed by atoms with Gasteiger partial charge >= 0.3 is 0 Å². The van der Waals surface area contributed by atoms with Crippen molar-refractivity contribution < 1.29 is 5.11 Å². The lowest BCUT2D eigenvalue weighted by atomic mass is 9.89. The fourth-order valence-corrected chi connectivity index (χ4v) is 1.80. The molecule has 2 atom stereocenters. The zero-order valence-electron chi connectivity index (χ0n) is 8.38. The molecule has 0 aromatic rings. The summed E-state index contributed by atoms with van der Waals surface area (Å²) >= 11 is 0. The second kappa shape index (κ2) is 4.08. The highest BCUT2D eigenvalue weighted by Gasteiger charge is 2.18. The Bertz CT molecular complexity index is 170. The summed E-state index contributed by atoms with van der Waals surface area (Å²) in [7, 11) is 0. The van der Waals surface area contributed by atoms with Gasteiger partial charge in [0.1, 0.15) is 0 Å². The predicted octanol–water partition coefficient (Wildman–Crippen LogP) is 2.75. The first kappa shape index (κ1) is 9.79. The Morgan fingerprint density at radius 2 is 2.08 bits per heavy atom. The quantitative estimate of drug-likeness (QED) is 0.597. The van der Waals surface area contributed by atoms with Gasteiger partial charge in [-0.15, -0.1) is 0 Å². The molecule has 0 radical (unpaired) electrons. The third-order valence-electron chi connectivity index (χ3n) is 3.02. The maximum atomic E-state index is 9.59. The van der Waals surface area contributed by atoms with E-state index in [1.54, 1.807) is 0 Å². The Morgan fingerprint density at radius 1 is 1.42 bits per heavy atom. The van der Waals surface area contributed by atoms with Gasteiger partial charge in [-0.2, -0.15) is 0 Å². The topological polar surface area (TPSA) is 20.2 Å². The molecule has 0 saturated heterocycles. The van der Waals surface area contributed by atoms with Gasteiger partial charge in [-0.25, -0.2) is 0 Å². The molecule has 1 unspecified atom stereocenters. The van der Waals surface area contributed by atoms with Gasteiger partial charge in [0.05, 0.1) is 6.10 Å². The van der Waals surface area contributed by atoms with Crippen LogP contribution in [0.1, 0.15) is 40.0 Å². The fourth-order valence-electron chi connectivity index (χ4n) is 1.80. The monoisotopic (exact) mass is 168 g/mol. The van der Waals surface area contributed by atoms with Crippen LogP contribution in [0.25, 0.3) is 0 Å². The average Bonchev–Trinajstić information content (AvgIpc) is 2.16. The molecule has 1 aliphatic carbocycles. The smallest absolute Gasteiger partial charge is 0.0747 e. The summed E-state index contributed by atoms with van der Waals surface area (Å²) in [6, 6.07) is 0. The summed E-state index contributed by atoms with van der Waals surface area (Å²) in [6.07, 6.45) is 5.31. The zero-order valence-corrected chi connectivity index (χ0v) is 8.38. The Balaban J connectivity index is 2.56. The first-order valence-electron chi connectivity index (χ1n) is 4.96. The molecule has 1 N–H and O–H groups in total. The van der Waals surface area contributed by atoms with Crippen LogP contribution in [0.4, 0.5) is 0 Å². The lowest BCUT2D eigenvalue weighted by molar-refractivity contribution is 0.188. The van der Waals surface area contributed by atoms with Gasteiger partial charge in [0, 0.05) is 0 Å². The van der Waals surface area contributed by atoms with Crippen LogP contribution in [-0.4, -0.2) is 11.2 Å². The third-order valence-corrected chi connectivity index (χ3v) is 3.02. The van der Waals surface area contributed by atoms with Crippen LogP contribution in [-0.2, 0) is 0 Å². The molecule has 1 heteroatoms. The van der Waals surface area contributed by atoms with E-state index < -0.39 is 0 Å². The number of hydrogen-bond acceptors (Lipinski definition) is 1. The minimum absolute atomic E-state index is 0.172. The lowest BCUT2D eigenvalue weighted by Crippen LogP contribution is -2.10. The molecule has 0 heterocycles. The summed E-state index contributed by atoms with van der Waals surface area (Å²) in [6.45, 7) is 6.57.